The first-order valence-electron chi connectivity index (χ1n) is 7.11. The number of nitrogens with zero attached hydrogens (tertiary/aromatic N) is 2. The maximum Gasteiger partial charge on any atom is 0.257 e. The lowest BCUT2D eigenvalue weighted by molar-refractivity contribution is 0.0449. The molecule has 0 radical (unpaired) electrons. The Morgan fingerprint density at radius 3 is 2.25 bits per heavy atom. The van der Waals surface area contributed by atoms with Gasteiger partial charge in [0, 0.05) is 31.7 Å². The summed E-state index contributed by atoms with van der Waals surface area (Å²) in [7, 11) is 1.60. The maximum absolute atomic E-state index is 12.6. The Morgan fingerprint density at radius 1 is 1.10 bits per heavy atom. The van der Waals surface area contributed by atoms with Crippen LogP contribution in [-0.2, 0) is 0 Å². The fraction of sp³-hybridized carbons (Fsp3) is 0.562. The molecule has 0 unspecified atom stereocenters. The predicted octanol–water partition coefficient (Wildman–Crippen LogP) is 2.25. The molecule has 110 valence electrons. The Bertz CT molecular complexity index is 472. The van der Waals surface area contributed by atoms with Crippen LogP contribution in [0.15, 0.2) is 24.3 Å². The van der Waals surface area contributed by atoms with Crippen LogP contribution in [0.25, 0.3) is 0 Å². The first kappa shape index (κ1) is 14.9. The van der Waals surface area contributed by atoms with E-state index in [1.807, 2.05) is 29.2 Å². The standard InChI is InChI=1S/C16H24N2O2/c1-16(2,3)18-11-9-17(10-12-18)15(19)13-7-5-6-8-14(13)20-4/h5-8H,9-12H2,1-4H3. The second-order valence-corrected chi connectivity index (χ2v) is 6.15. The van der Waals surface area contributed by atoms with Gasteiger partial charge in [0.25, 0.3) is 5.91 Å². The van der Waals surface area contributed by atoms with Gasteiger partial charge in [0.15, 0.2) is 0 Å². The molecule has 1 aliphatic rings. The Kier molecular flexibility index (Phi) is 4.33. The van der Waals surface area contributed by atoms with Crippen molar-refractivity contribution in [2.75, 3.05) is 33.3 Å². The Balaban J connectivity index is 2.05. The van der Waals surface area contributed by atoms with Crippen LogP contribution in [0.5, 0.6) is 5.75 Å². The summed E-state index contributed by atoms with van der Waals surface area (Å²) in [5.74, 6) is 0.715. The highest BCUT2D eigenvalue weighted by atomic mass is 16.5. The molecule has 1 fully saturated rings. The highest BCUT2D eigenvalue weighted by molar-refractivity contribution is 5.97. The van der Waals surface area contributed by atoms with Crippen molar-refractivity contribution in [2.45, 2.75) is 26.3 Å². The molecular weight excluding hydrogens is 252 g/mol. The van der Waals surface area contributed by atoms with Crippen molar-refractivity contribution < 1.29 is 9.53 Å². The van der Waals surface area contributed by atoms with Crippen LogP contribution < -0.4 is 4.74 Å². The molecule has 0 atom stereocenters. The number of hydrogen-bond acceptors (Lipinski definition) is 3. The van der Waals surface area contributed by atoms with E-state index in [9.17, 15) is 4.79 Å². The topological polar surface area (TPSA) is 32.8 Å². The van der Waals surface area contributed by atoms with Crippen LogP contribution in [0.2, 0.25) is 0 Å². The molecule has 1 heterocycles. The monoisotopic (exact) mass is 276 g/mol. The molecule has 2 rings (SSSR count). The zero-order chi connectivity index (χ0) is 14.8. The molecule has 1 aliphatic heterocycles. The minimum absolute atomic E-state index is 0.0657. The molecule has 0 N–H and O–H groups in total. The van der Waals surface area contributed by atoms with Crippen LogP contribution >= 0.6 is 0 Å². The van der Waals surface area contributed by atoms with Crippen molar-refractivity contribution in [3.8, 4) is 5.75 Å². The molecule has 1 amide bonds. The summed E-state index contributed by atoms with van der Waals surface area (Å²) in [4.78, 5) is 16.9. The van der Waals surface area contributed by atoms with E-state index < -0.39 is 0 Å². The normalized spacial score (nSPS) is 17.1. The molecule has 0 bridgehead atoms. The molecule has 1 aromatic rings. The van der Waals surface area contributed by atoms with E-state index in [1.165, 1.54) is 0 Å². The van der Waals surface area contributed by atoms with Gasteiger partial charge in [0.05, 0.1) is 12.7 Å². The van der Waals surface area contributed by atoms with Gasteiger partial charge < -0.3 is 9.64 Å². The number of benzene rings is 1. The Hall–Kier alpha value is -1.55. The first-order valence-corrected chi connectivity index (χ1v) is 7.11. The second kappa shape index (κ2) is 5.83. The molecule has 1 aromatic carbocycles. The Morgan fingerprint density at radius 2 is 1.70 bits per heavy atom. The average Bonchev–Trinajstić information content (AvgIpc) is 2.45. The van der Waals surface area contributed by atoms with Gasteiger partial charge in [0.2, 0.25) is 0 Å². The van der Waals surface area contributed by atoms with Crippen LogP contribution in [0.3, 0.4) is 0 Å². The third-order valence-corrected chi connectivity index (χ3v) is 3.85. The third-order valence-electron chi connectivity index (χ3n) is 3.85. The molecule has 0 saturated carbocycles. The minimum Gasteiger partial charge on any atom is -0.496 e. The summed E-state index contributed by atoms with van der Waals surface area (Å²) in [5, 5.41) is 0. The predicted molar refractivity (Wildman–Crippen MR) is 80.2 cm³/mol. The summed E-state index contributed by atoms with van der Waals surface area (Å²) in [6.07, 6.45) is 0. The van der Waals surface area contributed by atoms with Crippen molar-refractivity contribution in [3.05, 3.63) is 29.8 Å². The molecule has 20 heavy (non-hydrogen) atoms. The molecule has 0 spiro atoms. The van der Waals surface area contributed by atoms with Crippen LogP contribution in [0.1, 0.15) is 31.1 Å². The summed E-state index contributed by atoms with van der Waals surface area (Å²) in [5.41, 5.74) is 0.818. The number of piperazine rings is 1. The lowest BCUT2D eigenvalue weighted by Crippen LogP contribution is -2.54. The van der Waals surface area contributed by atoms with Gasteiger partial charge in [-0.1, -0.05) is 12.1 Å². The Labute approximate surface area is 121 Å². The quantitative estimate of drug-likeness (QED) is 0.830. The van der Waals surface area contributed by atoms with Crippen LogP contribution in [0, 0.1) is 0 Å². The van der Waals surface area contributed by atoms with Gasteiger partial charge in [-0.2, -0.15) is 0 Å². The zero-order valence-corrected chi connectivity index (χ0v) is 12.8. The highest BCUT2D eigenvalue weighted by Crippen LogP contribution is 2.21. The summed E-state index contributed by atoms with van der Waals surface area (Å²) in [6.45, 7) is 10.0. The van der Waals surface area contributed by atoms with Gasteiger partial charge in [-0.05, 0) is 32.9 Å². The molecule has 0 aromatic heterocycles. The van der Waals surface area contributed by atoms with Crippen molar-refractivity contribution in [2.24, 2.45) is 0 Å². The minimum atomic E-state index is 0.0657. The van der Waals surface area contributed by atoms with E-state index in [0.29, 0.717) is 11.3 Å². The van der Waals surface area contributed by atoms with E-state index in [4.69, 9.17) is 4.74 Å². The molecule has 0 aliphatic carbocycles. The average molecular weight is 276 g/mol. The third kappa shape index (κ3) is 3.12. The summed E-state index contributed by atoms with van der Waals surface area (Å²) >= 11 is 0. The molecular formula is C16H24N2O2. The van der Waals surface area contributed by atoms with E-state index in [0.717, 1.165) is 26.2 Å². The largest absolute Gasteiger partial charge is 0.496 e. The number of carbonyl (C=O) groups is 1. The van der Waals surface area contributed by atoms with E-state index in [1.54, 1.807) is 7.11 Å². The van der Waals surface area contributed by atoms with Crippen molar-refractivity contribution in [3.63, 3.8) is 0 Å². The van der Waals surface area contributed by atoms with E-state index >= 15 is 0 Å². The number of methoxy groups -OCH3 is 1. The summed E-state index contributed by atoms with van der Waals surface area (Å²) < 4.78 is 5.27. The van der Waals surface area contributed by atoms with Gasteiger partial charge >= 0.3 is 0 Å². The zero-order valence-electron chi connectivity index (χ0n) is 12.8. The van der Waals surface area contributed by atoms with E-state index in [-0.39, 0.29) is 11.4 Å². The van der Waals surface area contributed by atoms with Crippen molar-refractivity contribution in [1.82, 2.24) is 9.80 Å². The molecule has 4 nitrogen and oxygen atoms in total. The lowest BCUT2D eigenvalue weighted by Gasteiger charge is -2.42. The lowest BCUT2D eigenvalue weighted by atomic mass is 10.0. The first-order chi connectivity index (χ1) is 9.43. The van der Waals surface area contributed by atoms with Gasteiger partial charge in [-0.3, -0.25) is 9.69 Å². The number of para-hydroxylation sites is 1. The number of rotatable bonds is 2. The SMILES string of the molecule is COc1ccccc1C(=O)N1CCN(C(C)(C)C)CC1. The van der Waals surface area contributed by atoms with Crippen molar-refractivity contribution >= 4 is 5.91 Å². The fourth-order valence-electron chi connectivity index (χ4n) is 2.57. The summed E-state index contributed by atoms with van der Waals surface area (Å²) in [6, 6.07) is 7.42. The highest BCUT2D eigenvalue weighted by Gasteiger charge is 2.28. The molecule has 4 heteroatoms. The number of amides is 1. The second-order valence-electron chi connectivity index (χ2n) is 6.15. The fourth-order valence-corrected chi connectivity index (χ4v) is 2.57. The van der Waals surface area contributed by atoms with Crippen molar-refractivity contribution in [1.29, 1.82) is 0 Å². The van der Waals surface area contributed by atoms with Crippen LogP contribution in [0.4, 0.5) is 0 Å². The van der Waals surface area contributed by atoms with Gasteiger partial charge in [0.1, 0.15) is 5.75 Å². The van der Waals surface area contributed by atoms with Gasteiger partial charge in [-0.25, -0.2) is 0 Å². The van der Waals surface area contributed by atoms with E-state index in [2.05, 4.69) is 25.7 Å². The molecule has 1 saturated heterocycles. The number of ether oxygens (including phenoxy) is 1. The maximum atomic E-state index is 12.6. The smallest absolute Gasteiger partial charge is 0.257 e. The number of hydrogen-bond donors (Lipinski definition) is 0. The van der Waals surface area contributed by atoms with Crippen LogP contribution in [-0.4, -0.2) is 54.5 Å². The number of carbonyl (C=O) groups excluding carboxylic acids is 1. The van der Waals surface area contributed by atoms with Gasteiger partial charge in [-0.15, -0.1) is 0 Å².